The van der Waals surface area contributed by atoms with E-state index >= 15 is 0 Å². The van der Waals surface area contributed by atoms with Gasteiger partial charge in [-0.2, -0.15) is 0 Å². The molecule has 0 saturated carbocycles. The fraction of sp³-hybridized carbons (Fsp3) is 0.800. The molecule has 0 heterocycles. The Balaban J connectivity index is 6.12. The first-order valence-corrected chi connectivity index (χ1v) is 11.8. The molecule has 1 N–H and O–H groups in total. The average Bonchev–Trinajstić information content (AvgIpc) is 2.60. The Hall–Kier alpha value is -1.10. The van der Waals surface area contributed by atoms with Crippen LogP contribution in [-0.4, -0.2) is 25.4 Å². The summed E-state index contributed by atoms with van der Waals surface area (Å²) in [4.78, 5) is 23.3. The van der Waals surface area contributed by atoms with E-state index < -0.39 is 20.3 Å². The van der Waals surface area contributed by atoms with Crippen LogP contribution >= 0.6 is 0 Å². The first-order valence-electron chi connectivity index (χ1n) is 9.78. The number of hydrogen-bond acceptors (Lipinski definition) is 3. The van der Waals surface area contributed by atoms with Crippen molar-refractivity contribution in [3.63, 3.8) is 0 Å². The molecule has 0 spiro atoms. The van der Waals surface area contributed by atoms with Crippen molar-refractivity contribution < 1.29 is 19.1 Å². The summed E-state index contributed by atoms with van der Waals surface area (Å²) < 4.78 is 6.30. The third-order valence-electron chi connectivity index (χ3n) is 6.13. The summed E-state index contributed by atoms with van der Waals surface area (Å²) in [5, 5.41) is 8.80. The summed E-state index contributed by atoms with van der Waals surface area (Å²) in [7, 11) is -2.52. The summed E-state index contributed by atoms with van der Waals surface area (Å²) in [6, 6.07) is 0. The van der Waals surface area contributed by atoms with Gasteiger partial charge in [-0.05, 0) is 29.0 Å². The molecule has 146 valence electrons. The largest absolute Gasteiger partial charge is 0.515 e. The highest BCUT2D eigenvalue weighted by molar-refractivity contribution is 6.80. The molecule has 0 aromatic rings. The lowest BCUT2D eigenvalue weighted by atomic mass is 10.0. The maximum atomic E-state index is 12.5. The molecular weight excluding hydrogens is 332 g/mol. The molecular formula is C20H38O4Si. The van der Waals surface area contributed by atoms with Crippen molar-refractivity contribution in [2.24, 2.45) is 0 Å². The molecule has 0 fully saturated rings. The highest BCUT2D eigenvalue weighted by Crippen LogP contribution is 2.58. The lowest BCUT2D eigenvalue weighted by molar-refractivity contribution is -0.133. The normalized spacial score (nSPS) is 19.0. The molecule has 3 atom stereocenters. The fourth-order valence-electron chi connectivity index (χ4n) is 4.16. The first kappa shape index (κ1) is 23.9. The van der Waals surface area contributed by atoms with Crippen molar-refractivity contribution in [1.82, 2.24) is 0 Å². The SMILES string of the molecule is CCCCC(C)(CC)[Si](OC(=O)/C=C\C(=O)O)(C(C)CC)C(C)CC. The molecule has 0 saturated heterocycles. The fourth-order valence-corrected chi connectivity index (χ4v) is 10.9. The molecule has 0 aliphatic heterocycles. The Morgan fingerprint density at radius 1 is 1.08 bits per heavy atom. The molecule has 0 radical (unpaired) electrons. The van der Waals surface area contributed by atoms with E-state index in [0.717, 1.165) is 50.7 Å². The second kappa shape index (κ2) is 10.8. The quantitative estimate of drug-likeness (QED) is 0.334. The van der Waals surface area contributed by atoms with Crippen LogP contribution in [0.25, 0.3) is 0 Å². The van der Waals surface area contributed by atoms with Gasteiger partial charge in [-0.3, -0.25) is 0 Å². The molecule has 0 aromatic heterocycles. The predicted octanol–water partition coefficient (Wildman–Crippen LogP) is 6.08. The highest BCUT2D eigenvalue weighted by atomic mass is 28.4. The van der Waals surface area contributed by atoms with Crippen molar-refractivity contribution in [3.05, 3.63) is 12.2 Å². The van der Waals surface area contributed by atoms with Crippen molar-refractivity contribution in [3.8, 4) is 0 Å². The molecule has 0 aromatic carbocycles. The molecule has 4 nitrogen and oxygen atoms in total. The van der Waals surface area contributed by atoms with Gasteiger partial charge >= 0.3 is 11.9 Å². The monoisotopic (exact) mass is 370 g/mol. The van der Waals surface area contributed by atoms with E-state index in [0.29, 0.717) is 11.1 Å². The van der Waals surface area contributed by atoms with Crippen LogP contribution in [0.4, 0.5) is 0 Å². The van der Waals surface area contributed by atoms with Gasteiger partial charge in [0.15, 0.2) is 0 Å². The van der Waals surface area contributed by atoms with E-state index in [1.54, 1.807) is 0 Å². The molecule has 0 aliphatic carbocycles. The van der Waals surface area contributed by atoms with E-state index in [1.165, 1.54) is 0 Å². The Kier molecular flexibility index (Phi) is 10.3. The number of aliphatic carboxylic acids is 1. The molecule has 3 unspecified atom stereocenters. The predicted molar refractivity (Wildman–Crippen MR) is 106 cm³/mol. The lowest BCUT2D eigenvalue weighted by Gasteiger charge is -2.52. The third-order valence-corrected chi connectivity index (χ3v) is 12.9. The van der Waals surface area contributed by atoms with E-state index in [4.69, 9.17) is 9.53 Å². The zero-order valence-corrected chi connectivity index (χ0v) is 18.2. The molecule has 0 amide bonds. The summed E-state index contributed by atoms with van der Waals surface area (Å²) >= 11 is 0. The van der Waals surface area contributed by atoms with Gasteiger partial charge in [0, 0.05) is 12.2 Å². The van der Waals surface area contributed by atoms with Crippen molar-refractivity contribution in [2.45, 2.75) is 103 Å². The summed E-state index contributed by atoms with van der Waals surface area (Å²) in [6.45, 7) is 15.4. The number of rotatable bonds is 12. The molecule has 5 heteroatoms. The number of carboxylic acid groups (broad SMARTS) is 1. The van der Waals surface area contributed by atoms with Gasteiger partial charge in [-0.25, -0.2) is 9.59 Å². The van der Waals surface area contributed by atoms with Gasteiger partial charge in [0.25, 0.3) is 8.32 Å². The second-order valence-electron chi connectivity index (χ2n) is 7.52. The van der Waals surface area contributed by atoms with Crippen molar-refractivity contribution in [2.75, 3.05) is 0 Å². The smallest absolute Gasteiger partial charge is 0.328 e. The van der Waals surface area contributed by atoms with Crippen LogP contribution in [0.3, 0.4) is 0 Å². The Morgan fingerprint density at radius 2 is 1.60 bits per heavy atom. The number of carbonyl (C=O) groups excluding carboxylic acids is 1. The maximum Gasteiger partial charge on any atom is 0.328 e. The van der Waals surface area contributed by atoms with Gasteiger partial charge in [0.05, 0.1) is 0 Å². The van der Waals surface area contributed by atoms with Gasteiger partial charge in [0.2, 0.25) is 0 Å². The van der Waals surface area contributed by atoms with Crippen molar-refractivity contribution >= 4 is 20.3 Å². The van der Waals surface area contributed by atoms with Gasteiger partial charge in [0.1, 0.15) is 0 Å². The summed E-state index contributed by atoms with van der Waals surface area (Å²) in [5.74, 6) is -1.62. The average molecular weight is 371 g/mol. The van der Waals surface area contributed by atoms with E-state index in [-0.39, 0.29) is 5.04 Å². The van der Waals surface area contributed by atoms with Gasteiger partial charge in [-0.1, -0.05) is 74.1 Å². The van der Waals surface area contributed by atoms with Crippen LogP contribution in [0.1, 0.15) is 87.0 Å². The number of unbranched alkanes of at least 4 members (excludes halogenated alkanes) is 1. The zero-order chi connectivity index (χ0) is 19.7. The maximum absolute atomic E-state index is 12.5. The zero-order valence-electron chi connectivity index (χ0n) is 17.2. The van der Waals surface area contributed by atoms with Crippen LogP contribution in [0.5, 0.6) is 0 Å². The van der Waals surface area contributed by atoms with Crippen LogP contribution in [-0.2, 0) is 14.0 Å². The molecule has 25 heavy (non-hydrogen) atoms. The topological polar surface area (TPSA) is 63.6 Å². The van der Waals surface area contributed by atoms with Crippen LogP contribution in [0.15, 0.2) is 12.2 Å². The molecule has 0 aliphatic rings. The Labute approximate surface area is 155 Å². The number of hydrogen-bond donors (Lipinski definition) is 1. The Bertz CT molecular complexity index is 451. The highest BCUT2D eigenvalue weighted by Gasteiger charge is 2.59. The van der Waals surface area contributed by atoms with Crippen molar-refractivity contribution in [1.29, 1.82) is 0 Å². The minimum atomic E-state index is -2.52. The number of carboxylic acids is 1. The van der Waals surface area contributed by atoms with Crippen LogP contribution in [0, 0.1) is 0 Å². The van der Waals surface area contributed by atoms with E-state index in [2.05, 4.69) is 48.5 Å². The lowest BCUT2D eigenvalue weighted by Crippen LogP contribution is -2.56. The van der Waals surface area contributed by atoms with Crippen LogP contribution in [0.2, 0.25) is 16.1 Å². The second-order valence-corrected chi connectivity index (χ2v) is 12.5. The minimum Gasteiger partial charge on any atom is -0.515 e. The van der Waals surface area contributed by atoms with E-state index in [9.17, 15) is 9.59 Å². The first-order chi connectivity index (χ1) is 11.6. The molecule has 0 bridgehead atoms. The van der Waals surface area contributed by atoms with Gasteiger partial charge < -0.3 is 9.53 Å². The number of carbonyl (C=O) groups is 2. The summed E-state index contributed by atoms with van der Waals surface area (Å²) in [5.41, 5.74) is 0.651. The molecule has 0 rings (SSSR count). The van der Waals surface area contributed by atoms with Crippen LogP contribution < -0.4 is 0 Å². The standard InChI is InChI=1S/C20H38O4Si/c1-8-12-15-20(7,11-4)25(16(5)9-2,17(6)10-3)24-19(23)14-13-18(21)22/h13-14,16-17H,8-12,15H2,1-7H3,(H,21,22)/b14-13-. The van der Waals surface area contributed by atoms with Gasteiger partial charge in [-0.15, -0.1) is 0 Å². The Morgan fingerprint density at radius 3 is 1.96 bits per heavy atom. The minimum absolute atomic E-state index is 0.0133. The van der Waals surface area contributed by atoms with E-state index in [1.807, 2.05) is 0 Å². The summed E-state index contributed by atoms with van der Waals surface area (Å²) in [6.07, 6.45) is 8.15. The third kappa shape index (κ3) is 5.70.